The highest BCUT2D eigenvalue weighted by Crippen LogP contribution is 2.44. The van der Waals surface area contributed by atoms with E-state index in [9.17, 15) is 4.79 Å². The van der Waals surface area contributed by atoms with Gasteiger partial charge in [0.05, 0.1) is 12.0 Å². The summed E-state index contributed by atoms with van der Waals surface area (Å²) < 4.78 is 0. The van der Waals surface area contributed by atoms with E-state index in [4.69, 9.17) is 10.6 Å². The van der Waals surface area contributed by atoms with Crippen molar-refractivity contribution >= 4 is 5.91 Å². The summed E-state index contributed by atoms with van der Waals surface area (Å²) in [4.78, 5) is 16.5. The van der Waals surface area contributed by atoms with Crippen molar-refractivity contribution in [2.24, 2.45) is 17.1 Å². The van der Waals surface area contributed by atoms with Crippen LogP contribution in [0, 0.1) is 11.3 Å². The van der Waals surface area contributed by atoms with Gasteiger partial charge in [-0.05, 0) is 18.8 Å². The number of rotatable bonds is 5. The Kier molecular flexibility index (Phi) is 3.27. The fourth-order valence-corrected chi connectivity index (χ4v) is 1.06. The van der Waals surface area contributed by atoms with Gasteiger partial charge in [-0.2, -0.15) is 0 Å². The van der Waals surface area contributed by atoms with Gasteiger partial charge in [-0.1, -0.05) is 13.8 Å². The molecule has 0 unspecified atom stereocenters. The highest BCUT2D eigenvalue weighted by atomic mass is 16.7. The zero-order valence-electron chi connectivity index (χ0n) is 8.30. The van der Waals surface area contributed by atoms with Crippen LogP contribution in [-0.4, -0.2) is 19.1 Å². The maximum atomic E-state index is 11.4. The standard InChI is InChI=1S/C9H18N2O2/c1-7(2)5-13-11-8(12)9(6-10)3-4-9/h7H,3-6,10H2,1-2H3,(H,11,12). The number of carbonyl (C=O) groups excluding carboxylic acids is 1. The second kappa shape index (κ2) is 4.07. The van der Waals surface area contributed by atoms with E-state index in [1.165, 1.54) is 0 Å². The minimum atomic E-state index is -0.309. The first kappa shape index (κ1) is 10.5. The van der Waals surface area contributed by atoms with Crippen molar-refractivity contribution in [3.05, 3.63) is 0 Å². The first-order valence-corrected chi connectivity index (χ1v) is 4.73. The number of hydrogen-bond donors (Lipinski definition) is 2. The molecule has 0 bridgehead atoms. The van der Waals surface area contributed by atoms with Gasteiger partial charge in [0, 0.05) is 6.54 Å². The highest BCUT2D eigenvalue weighted by molar-refractivity contribution is 5.84. The molecular weight excluding hydrogens is 168 g/mol. The maximum absolute atomic E-state index is 11.4. The summed E-state index contributed by atoms with van der Waals surface area (Å²) in [6, 6.07) is 0. The molecule has 1 fully saturated rings. The summed E-state index contributed by atoms with van der Waals surface area (Å²) >= 11 is 0. The monoisotopic (exact) mass is 186 g/mol. The Balaban J connectivity index is 2.18. The topological polar surface area (TPSA) is 64.3 Å². The third kappa shape index (κ3) is 2.67. The Labute approximate surface area is 78.8 Å². The summed E-state index contributed by atoms with van der Waals surface area (Å²) in [6.45, 7) is 5.03. The molecule has 0 saturated heterocycles. The fraction of sp³-hybridized carbons (Fsp3) is 0.889. The van der Waals surface area contributed by atoms with Gasteiger partial charge in [-0.25, -0.2) is 5.48 Å². The summed E-state index contributed by atoms with van der Waals surface area (Å²) in [5.41, 5.74) is 7.63. The van der Waals surface area contributed by atoms with E-state index in [0.29, 0.717) is 19.1 Å². The largest absolute Gasteiger partial charge is 0.329 e. The zero-order chi connectivity index (χ0) is 9.90. The van der Waals surface area contributed by atoms with E-state index in [2.05, 4.69) is 5.48 Å². The SMILES string of the molecule is CC(C)CONC(=O)C1(CN)CC1. The molecule has 0 aromatic carbocycles. The van der Waals surface area contributed by atoms with Crippen LogP contribution in [0.15, 0.2) is 0 Å². The minimum Gasteiger partial charge on any atom is -0.329 e. The van der Waals surface area contributed by atoms with E-state index < -0.39 is 0 Å². The van der Waals surface area contributed by atoms with Crippen LogP contribution in [0.25, 0.3) is 0 Å². The van der Waals surface area contributed by atoms with Crippen LogP contribution >= 0.6 is 0 Å². The lowest BCUT2D eigenvalue weighted by atomic mass is 10.1. The molecule has 0 aliphatic heterocycles. The van der Waals surface area contributed by atoms with Crippen LogP contribution in [0.2, 0.25) is 0 Å². The molecule has 0 spiro atoms. The normalized spacial score (nSPS) is 18.8. The lowest BCUT2D eigenvalue weighted by Crippen LogP contribution is -2.37. The summed E-state index contributed by atoms with van der Waals surface area (Å²) in [6.07, 6.45) is 1.78. The van der Waals surface area contributed by atoms with Crippen LogP contribution in [0.3, 0.4) is 0 Å². The number of nitrogens with two attached hydrogens (primary N) is 1. The second-order valence-corrected chi connectivity index (χ2v) is 4.12. The molecule has 1 aliphatic carbocycles. The lowest BCUT2D eigenvalue weighted by molar-refractivity contribution is -0.139. The molecule has 4 heteroatoms. The van der Waals surface area contributed by atoms with E-state index in [-0.39, 0.29) is 11.3 Å². The highest BCUT2D eigenvalue weighted by Gasteiger charge is 2.48. The van der Waals surface area contributed by atoms with E-state index in [1.54, 1.807) is 0 Å². The van der Waals surface area contributed by atoms with Crippen molar-refractivity contribution in [2.45, 2.75) is 26.7 Å². The number of nitrogens with one attached hydrogen (secondary N) is 1. The molecule has 0 heterocycles. The summed E-state index contributed by atoms with van der Waals surface area (Å²) in [5.74, 6) is 0.365. The third-order valence-corrected chi connectivity index (χ3v) is 2.31. The van der Waals surface area contributed by atoms with Gasteiger partial charge in [-0.15, -0.1) is 0 Å². The van der Waals surface area contributed by atoms with Crippen molar-refractivity contribution < 1.29 is 9.63 Å². The Hall–Kier alpha value is -0.610. The van der Waals surface area contributed by atoms with Crippen molar-refractivity contribution in [3.8, 4) is 0 Å². The molecule has 1 saturated carbocycles. The number of hydroxylamine groups is 1. The molecule has 0 aromatic heterocycles. The molecule has 0 aromatic rings. The Morgan fingerprint density at radius 1 is 1.62 bits per heavy atom. The predicted octanol–water partition coefficient (Wildman–Crippen LogP) is 0.429. The molecule has 76 valence electrons. The Bertz CT molecular complexity index is 188. The molecule has 13 heavy (non-hydrogen) atoms. The molecule has 3 N–H and O–H groups in total. The maximum Gasteiger partial charge on any atom is 0.251 e. The van der Waals surface area contributed by atoms with Crippen molar-refractivity contribution in [1.82, 2.24) is 5.48 Å². The average Bonchev–Trinajstić information content (AvgIpc) is 2.83. The van der Waals surface area contributed by atoms with Gasteiger partial charge >= 0.3 is 0 Å². The van der Waals surface area contributed by atoms with E-state index in [0.717, 1.165) is 12.8 Å². The van der Waals surface area contributed by atoms with Gasteiger partial charge in [0.1, 0.15) is 0 Å². The number of hydrogen-bond acceptors (Lipinski definition) is 3. The Morgan fingerprint density at radius 2 is 2.23 bits per heavy atom. The van der Waals surface area contributed by atoms with E-state index >= 15 is 0 Å². The van der Waals surface area contributed by atoms with Crippen LogP contribution in [0.1, 0.15) is 26.7 Å². The second-order valence-electron chi connectivity index (χ2n) is 4.12. The first-order valence-electron chi connectivity index (χ1n) is 4.73. The van der Waals surface area contributed by atoms with Gasteiger partial charge < -0.3 is 5.73 Å². The smallest absolute Gasteiger partial charge is 0.251 e. The predicted molar refractivity (Wildman–Crippen MR) is 49.7 cm³/mol. The third-order valence-electron chi connectivity index (χ3n) is 2.31. The molecule has 1 aliphatic rings. The van der Waals surface area contributed by atoms with Crippen molar-refractivity contribution in [3.63, 3.8) is 0 Å². The molecular formula is C9H18N2O2. The zero-order valence-corrected chi connectivity index (χ0v) is 8.30. The average molecular weight is 186 g/mol. The minimum absolute atomic E-state index is 0.0596. The van der Waals surface area contributed by atoms with Gasteiger partial charge in [0.15, 0.2) is 0 Å². The van der Waals surface area contributed by atoms with Gasteiger partial charge in [0.25, 0.3) is 5.91 Å². The van der Waals surface area contributed by atoms with Crippen molar-refractivity contribution in [1.29, 1.82) is 0 Å². The number of carbonyl (C=O) groups is 1. The number of amides is 1. The summed E-state index contributed by atoms with van der Waals surface area (Å²) in [7, 11) is 0. The molecule has 0 atom stereocenters. The van der Waals surface area contributed by atoms with Crippen molar-refractivity contribution in [2.75, 3.05) is 13.2 Å². The van der Waals surface area contributed by atoms with Crippen LogP contribution < -0.4 is 11.2 Å². The quantitative estimate of drug-likeness (QED) is 0.612. The van der Waals surface area contributed by atoms with E-state index in [1.807, 2.05) is 13.8 Å². The fourth-order valence-electron chi connectivity index (χ4n) is 1.06. The lowest BCUT2D eigenvalue weighted by Gasteiger charge is -2.13. The molecule has 1 amide bonds. The van der Waals surface area contributed by atoms with Crippen LogP contribution in [0.5, 0.6) is 0 Å². The first-order chi connectivity index (χ1) is 6.10. The molecule has 4 nitrogen and oxygen atoms in total. The van der Waals surface area contributed by atoms with Crippen LogP contribution in [-0.2, 0) is 9.63 Å². The van der Waals surface area contributed by atoms with Gasteiger partial charge in [-0.3, -0.25) is 9.63 Å². The molecule has 1 rings (SSSR count). The molecule has 0 radical (unpaired) electrons. The summed E-state index contributed by atoms with van der Waals surface area (Å²) in [5, 5.41) is 0. The Morgan fingerprint density at radius 3 is 2.62 bits per heavy atom. The van der Waals surface area contributed by atoms with Crippen LogP contribution in [0.4, 0.5) is 0 Å². The van der Waals surface area contributed by atoms with Gasteiger partial charge in [0.2, 0.25) is 0 Å².